The van der Waals surface area contributed by atoms with Crippen LogP contribution in [0.3, 0.4) is 0 Å². The van der Waals surface area contributed by atoms with E-state index >= 15 is 0 Å². The number of nitrogens with zero attached hydrogens (tertiary/aromatic N) is 3. The van der Waals surface area contributed by atoms with Crippen molar-refractivity contribution in [3.8, 4) is 5.69 Å². The first-order valence-electron chi connectivity index (χ1n) is 8.01. The second-order valence-corrected chi connectivity index (χ2v) is 5.70. The average molecular weight is 336 g/mol. The first-order chi connectivity index (χ1) is 12.1. The van der Waals surface area contributed by atoms with Gasteiger partial charge in [0.15, 0.2) is 0 Å². The van der Waals surface area contributed by atoms with Gasteiger partial charge in [0.25, 0.3) is 0 Å². The summed E-state index contributed by atoms with van der Waals surface area (Å²) in [6.45, 7) is 3.85. The normalized spacial score (nSPS) is 11.8. The molecular weight excluding hydrogens is 316 g/mol. The molecule has 0 spiro atoms. The topological polar surface area (TPSA) is 69.0 Å². The van der Waals surface area contributed by atoms with Crippen molar-refractivity contribution >= 4 is 11.8 Å². The third-order valence-electron chi connectivity index (χ3n) is 4.01. The van der Waals surface area contributed by atoms with Crippen LogP contribution in [0.25, 0.3) is 5.69 Å². The summed E-state index contributed by atoms with van der Waals surface area (Å²) in [4.78, 5) is 16.1. The van der Waals surface area contributed by atoms with E-state index in [2.05, 4.69) is 28.4 Å². The van der Waals surface area contributed by atoms with E-state index in [1.54, 1.807) is 25.3 Å². The van der Waals surface area contributed by atoms with E-state index in [0.29, 0.717) is 17.1 Å². The Hall–Kier alpha value is -3.15. The standard InChI is InChI=1S/C19H20N4O2/c1-13(15-7-4-5-8-17(15)23-12-6-11-20-23)21-18-10-9-16(14(2)22-18)19(24)25-3/h4-13H,1-3H3,(H,21,22). The van der Waals surface area contributed by atoms with Crippen molar-refractivity contribution < 1.29 is 9.53 Å². The summed E-state index contributed by atoms with van der Waals surface area (Å²) in [6, 6.07) is 13.5. The van der Waals surface area contributed by atoms with Crippen molar-refractivity contribution in [2.24, 2.45) is 0 Å². The Morgan fingerprint density at radius 1 is 1.20 bits per heavy atom. The molecule has 3 rings (SSSR count). The molecule has 25 heavy (non-hydrogen) atoms. The minimum absolute atomic E-state index is 0.0104. The van der Waals surface area contributed by atoms with Gasteiger partial charge in [0.1, 0.15) is 5.82 Å². The van der Waals surface area contributed by atoms with Crippen LogP contribution in [0, 0.1) is 6.92 Å². The molecule has 0 radical (unpaired) electrons. The number of pyridine rings is 1. The molecule has 0 saturated carbocycles. The number of rotatable bonds is 5. The Kier molecular flexibility index (Phi) is 4.79. The van der Waals surface area contributed by atoms with E-state index < -0.39 is 0 Å². The number of carbonyl (C=O) groups excluding carboxylic acids is 1. The van der Waals surface area contributed by atoms with Crippen LogP contribution < -0.4 is 5.32 Å². The highest BCUT2D eigenvalue weighted by Gasteiger charge is 2.14. The van der Waals surface area contributed by atoms with Gasteiger partial charge in [-0.2, -0.15) is 5.10 Å². The van der Waals surface area contributed by atoms with Gasteiger partial charge in [-0.1, -0.05) is 18.2 Å². The number of nitrogens with one attached hydrogen (secondary N) is 1. The van der Waals surface area contributed by atoms with E-state index in [9.17, 15) is 4.79 Å². The molecule has 6 nitrogen and oxygen atoms in total. The number of benzene rings is 1. The summed E-state index contributed by atoms with van der Waals surface area (Å²) in [5.74, 6) is 0.321. The van der Waals surface area contributed by atoms with Crippen LogP contribution in [0.1, 0.15) is 34.6 Å². The summed E-state index contributed by atoms with van der Waals surface area (Å²) in [5, 5.41) is 7.69. The maximum Gasteiger partial charge on any atom is 0.339 e. The van der Waals surface area contributed by atoms with E-state index in [-0.39, 0.29) is 12.0 Å². The van der Waals surface area contributed by atoms with E-state index in [4.69, 9.17) is 4.74 Å². The second-order valence-electron chi connectivity index (χ2n) is 5.70. The lowest BCUT2D eigenvalue weighted by Gasteiger charge is -2.19. The summed E-state index contributed by atoms with van der Waals surface area (Å²) in [6.07, 6.45) is 3.67. The highest BCUT2D eigenvalue weighted by molar-refractivity contribution is 5.90. The minimum Gasteiger partial charge on any atom is -0.465 e. The summed E-state index contributed by atoms with van der Waals surface area (Å²) >= 11 is 0. The Labute approximate surface area is 146 Å². The lowest BCUT2D eigenvalue weighted by molar-refractivity contribution is 0.0599. The zero-order valence-corrected chi connectivity index (χ0v) is 14.4. The minimum atomic E-state index is -0.381. The first kappa shape index (κ1) is 16.7. The molecule has 0 saturated heterocycles. The van der Waals surface area contributed by atoms with Crippen LogP contribution >= 0.6 is 0 Å². The molecule has 0 aliphatic heterocycles. The molecule has 0 bridgehead atoms. The third kappa shape index (κ3) is 3.52. The summed E-state index contributed by atoms with van der Waals surface area (Å²) in [7, 11) is 1.36. The number of aryl methyl sites for hydroxylation is 1. The molecule has 1 aromatic carbocycles. The largest absolute Gasteiger partial charge is 0.465 e. The molecule has 0 aliphatic carbocycles. The molecule has 2 aromatic heterocycles. The fourth-order valence-corrected chi connectivity index (χ4v) is 2.74. The molecule has 2 heterocycles. The molecule has 6 heteroatoms. The number of para-hydroxylation sites is 1. The lowest BCUT2D eigenvalue weighted by Crippen LogP contribution is -2.13. The number of anilines is 1. The molecule has 1 N–H and O–H groups in total. The predicted octanol–water partition coefficient (Wildman–Crippen LogP) is 3.54. The van der Waals surface area contributed by atoms with Gasteiger partial charge in [-0.05, 0) is 43.7 Å². The van der Waals surface area contributed by atoms with Crippen LogP contribution in [0.15, 0.2) is 54.9 Å². The number of esters is 1. The van der Waals surface area contributed by atoms with Crippen LogP contribution in [0.2, 0.25) is 0 Å². The van der Waals surface area contributed by atoms with Gasteiger partial charge in [0, 0.05) is 12.4 Å². The first-order valence-corrected chi connectivity index (χ1v) is 8.01. The summed E-state index contributed by atoms with van der Waals surface area (Å²) in [5.41, 5.74) is 3.21. The Balaban J connectivity index is 1.85. The smallest absolute Gasteiger partial charge is 0.339 e. The van der Waals surface area contributed by atoms with E-state index in [0.717, 1.165) is 11.3 Å². The Morgan fingerprint density at radius 3 is 2.68 bits per heavy atom. The van der Waals surface area contributed by atoms with Gasteiger partial charge >= 0.3 is 5.97 Å². The van der Waals surface area contributed by atoms with Crippen molar-refractivity contribution in [3.63, 3.8) is 0 Å². The van der Waals surface area contributed by atoms with Crippen molar-refractivity contribution in [3.05, 3.63) is 71.7 Å². The highest BCUT2D eigenvalue weighted by atomic mass is 16.5. The van der Waals surface area contributed by atoms with Gasteiger partial charge in [-0.3, -0.25) is 0 Å². The molecular formula is C19H20N4O2. The zero-order chi connectivity index (χ0) is 17.8. The van der Waals surface area contributed by atoms with E-state index in [1.807, 2.05) is 35.1 Å². The average Bonchev–Trinajstić information content (AvgIpc) is 3.15. The molecule has 1 atom stereocenters. The molecule has 0 amide bonds. The predicted molar refractivity (Wildman–Crippen MR) is 95.9 cm³/mol. The highest BCUT2D eigenvalue weighted by Crippen LogP contribution is 2.24. The number of carbonyl (C=O) groups is 1. The van der Waals surface area contributed by atoms with Gasteiger partial charge in [0.05, 0.1) is 30.1 Å². The van der Waals surface area contributed by atoms with Crippen molar-refractivity contribution in [2.75, 3.05) is 12.4 Å². The van der Waals surface area contributed by atoms with Crippen LogP contribution in [-0.2, 0) is 4.74 Å². The van der Waals surface area contributed by atoms with Gasteiger partial charge in [0.2, 0.25) is 0 Å². The monoisotopic (exact) mass is 336 g/mol. The lowest BCUT2D eigenvalue weighted by atomic mass is 10.1. The van der Waals surface area contributed by atoms with Crippen molar-refractivity contribution in [1.82, 2.24) is 14.8 Å². The number of ether oxygens (including phenoxy) is 1. The van der Waals surface area contributed by atoms with Gasteiger partial charge in [-0.25, -0.2) is 14.5 Å². The maximum atomic E-state index is 11.7. The molecule has 128 valence electrons. The molecule has 1 unspecified atom stereocenters. The Bertz CT molecular complexity index is 875. The zero-order valence-electron chi connectivity index (χ0n) is 14.4. The van der Waals surface area contributed by atoms with Crippen LogP contribution in [-0.4, -0.2) is 27.8 Å². The van der Waals surface area contributed by atoms with Crippen LogP contribution in [0.5, 0.6) is 0 Å². The molecule has 3 aromatic rings. The fourth-order valence-electron chi connectivity index (χ4n) is 2.74. The molecule has 0 aliphatic rings. The molecule has 0 fully saturated rings. The van der Waals surface area contributed by atoms with Gasteiger partial charge in [-0.15, -0.1) is 0 Å². The quantitative estimate of drug-likeness (QED) is 0.722. The van der Waals surface area contributed by atoms with Crippen molar-refractivity contribution in [2.45, 2.75) is 19.9 Å². The number of methoxy groups -OCH3 is 1. The number of aromatic nitrogens is 3. The SMILES string of the molecule is COC(=O)c1ccc(NC(C)c2ccccc2-n2cccn2)nc1C. The fraction of sp³-hybridized carbons (Fsp3) is 0.211. The van der Waals surface area contributed by atoms with E-state index in [1.165, 1.54) is 7.11 Å². The number of hydrogen-bond acceptors (Lipinski definition) is 5. The Morgan fingerprint density at radius 2 is 2.00 bits per heavy atom. The van der Waals surface area contributed by atoms with Crippen molar-refractivity contribution in [1.29, 1.82) is 0 Å². The van der Waals surface area contributed by atoms with Gasteiger partial charge < -0.3 is 10.1 Å². The van der Waals surface area contributed by atoms with Crippen LogP contribution in [0.4, 0.5) is 5.82 Å². The number of hydrogen-bond donors (Lipinski definition) is 1. The third-order valence-corrected chi connectivity index (χ3v) is 4.01. The maximum absolute atomic E-state index is 11.7. The second kappa shape index (κ2) is 7.17. The summed E-state index contributed by atoms with van der Waals surface area (Å²) < 4.78 is 6.60.